The zero-order valence-electron chi connectivity index (χ0n) is 37.2. The average molecular weight is 994 g/mol. The molecule has 4 aliphatic rings. The lowest BCUT2D eigenvalue weighted by atomic mass is 9.99. The topological polar surface area (TPSA) is 142 Å². The van der Waals surface area contributed by atoms with Gasteiger partial charge >= 0.3 is 0 Å². The Balaban J connectivity index is 0.000000155. The van der Waals surface area contributed by atoms with E-state index in [0.29, 0.717) is 6.42 Å². The number of rotatable bonds is 9. The standard InChI is InChI=1S/C27H23FN4O2.C14H16N2O2.C13H8BrFN2.2H2/c28-20-10-8-17(9-11-20)25-23-13-12-21(15-31(23)16-29-25)32-24(33)14-22(30-27(34)19-6-7-19)26(32)18-4-2-1-3-5-18;17-12-8-11(15-14(18)10-6-7-10)13(16-12)9-4-2-1-3-5-9;14-10-3-6-12-13(16-8-17(12)7-10)9-1-4-11(15)5-2-9;;/h1-5,8-13,15-16,19,22,26H,6-7,14H2,(H,30,34);1-5,10-11,13H,6-8H2,(H,15,18)(H,16,17);1-8H;2*1H/t22-,26+;11-,13+;;;/m00.../s1. The van der Waals surface area contributed by atoms with Crippen LogP contribution in [0.4, 0.5) is 14.5 Å². The summed E-state index contributed by atoms with van der Waals surface area (Å²) in [6.07, 6.45) is 11.7. The maximum atomic E-state index is 13.4. The summed E-state index contributed by atoms with van der Waals surface area (Å²) < 4.78 is 31.0. The van der Waals surface area contributed by atoms with Crippen LogP contribution in [0.5, 0.6) is 0 Å². The minimum absolute atomic E-state index is 0. The smallest absolute Gasteiger partial charge is 0.229 e. The number of nitrogens with one attached hydrogen (secondary N) is 3. The second kappa shape index (κ2) is 19.6. The van der Waals surface area contributed by atoms with Crippen molar-refractivity contribution in [1.29, 1.82) is 0 Å². The second-order valence-corrected chi connectivity index (χ2v) is 18.7. The van der Waals surface area contributed by atoms with E-state index in [4.69, 9.17) is 0 Å². The number of amides is 4. The number of anilines is 1. The molecule has 4 amide bonds. The predicted octanol–water partition coefficient (Wildman–Crippen LogP) is 10.1. The molecule has 2 saturated heterocycles. The van der Waals surface area contributed by atoms with Crippen LogP contribution in [-0.2, 0) is 19.2 Å². The third-order valence-electron chi connectivity index (χ3n) is 12.8. The second-order valence-electron chi connectivity index (χ2n) is 17.8. The number of fused-ring (bicyclic) bond motifs is 2. The lowest BCUT2D eigenvalue weighted by molar-refractivity contribution is -0.124. The zero-order valence-corrected chi connectivity index (χ0v) is 38.8. The summed E-state index contributed by atoms with van der Waals surface area (Å²) >= 11 is 3.41. The first-order valence-electron chi connectivity index (χ1n) is 23.0. The van der Waals surface area contributed by atoms with E-state index in [1.807, 2.05) is 106 Å². The number of aromatic nitrogens is 4. The monoisotopic (exact) mass is 992 g/mol. The van der Waals surface area contributed by atoms with Gasteiger partial charge in [0.2, 0.25) is 23.6 Å². The van der Waals surface area contributed by atoms with Gasteiger partial charge in [-0.3, -0.25) is 19.2 Å². The number of benzene rings is 4. The third-order valence-corrected chi connectivity index (χ3v) is 13.3. The molecule has 12 nitrogen and oxygen atoms in total. The molecule has 2 aliphatic heterocycles. The van der Waals surface area contributed by atoms with Gasteiger partial charge < -0.3 is 29.7 Å². The number of pyridine rings is 2. The van der Waals surface area contributed by atoms with E-state index in [9.17, 15) is 28.0 Å². The van der Waals surface area contributed by atoms with Crippen molar-refractivity contribution in [2.75, 3.05) is 4.90 Å². The van der Waals surface area contributed by atoms with Crippen LogP contribution in [0, 0.1) is 23.5 Å². The van der Waals surface area contributed by atoms with Crippen LogP contribution in [0.25, 0.3) is 33.5 Å². The van der Waals surface area contributed by atoms with Crippen molar-refractivity contribution in [2.45, 2.75) is 62.7 Å². The number of imidazole rings is 2. The molecular formula is C54H51BrF2N8O4. The molecule has 6 heterocycles. The van der Waals surface area contributed by atoms with E-state index in [1.165, 1.54) is 24.3 Å². The quantitative estimate of drug-likeness (QED) is 0.132. The fraction of sp³-hybridized carbons (Fsp3) is 0.222. The van der Waals surface area contributed by atoms with E-state index in [-0.39, 0.29) is 80.5 Å². The van der Waals surface area contributed by atoms with Gasteiger partial charge in [0.05, 0.1) is 58.6 Å². The molecule has 0 radical (unpaired) electrons. The normalized spacial score (nSPS) is 19.6. The Morgan fingerprint density at radius 2 is 1.12 bits per heavy atom. The molecule has 3 N–H and O–H groups in total. The Morgan fingerprint density at radius 3 is 1.67 bits per heavy atom. The van der Waals surface area contributed by atoms with Crippen molar-refractivity contribution in [2.24, 2.45) is 11.8 Å². The van der Waals surface area contributed by atoms with Crippen molar-refractivity contribution in [1.82, 2.24) is 34.7 Å². The average Bonchev–Trinajstić information content (AvgIpc) is 4.26. The molecule has 69 heavy (non-hydrogen) atoms. The van der Waals surface area contributed by atoms with Gasteiger partial charge in [0.1, 0.15) is 18.0 Å². The molecule has 0 bridgehead atoms. The number of carbonyl (C=O) groups is 4. The highest BCUT2D eigenvalue weighted by Gasteiger charge is 2.44. The first kappa shape index (κ1) is 45.3. The fourth-order valence-corrected chi connectivity index (χ4v) is 9.37. The minimum Gasteiger partial charge on any atom is -0.350 e. The van der Waals surface area contributed by atoms with Gasteiger partial charge in [-0.2, -0.15) is 0 Å². The highest BCUT2D eigenvalue weighted by atomic mass is 79.9. The highest BCUT2D eigenvalue weighted by Crippen LogP contribution is 2.39. The van der Waals surface area contributed by atoms with Crippen LogP contribution in [0.15, 0.2) is 163 Å². The first-order valence-corrected chi connectivity index (χ1v) is 23.8. The van der Waals surface area contributed by atoms with E-state index in [0.717, 1.165) is 80.5 Å². The molecule has 15 heteroatoms. The fourth-order valence-electron chi connectivity index (χ4n) is 9.02. The first-order chi connectivity index (χ1) is 33.6. The van der Waals surface area contributed by atoms with Gasteiger partial charge in [-0.05, 0) is 126 Å². The molecule has 0 unspecified atom stereocenters. The van der Waals surface area contributed by atoms with E-state index in [2.05, 4.69) is 41.8 Å². The summed E-state index contributed by atoms with van der Waals surface area (Å²) in [6, 6.07) is 39.2. The number of hydrogen-bond acceptors (Lipinski definition) is 6. The van der Waals surface area contributed by atoms with Gasteiger partial charge in [0.15, 0.2) is 0 Å². The molecule has 4 aromatic heterocycles. The van der Waals surface area contributed by atoms with Crippen LogP contribution in [0.2, 0.25) is 0 Å². The van der Waals surface area contributed by atoms with Gasteiger partial charge in [0, 0.05) is 55.5 Å². The van der Waals surface area contributed by atoms with Crippen molar-refractivity contribution in [3.05, 3.63) is 186 Å². The molecule has 352 valence electrons. The van der Waals surface area contributed by atoms with Gasteiger partial charge in [-0.25, -0.2) is 18.7 Å². The maximum Gasteiger partial charge on any atom is 0.229 e. The van der Waals surface area contributed by atoms with Crippen molar-refractivity contribution in [3.63, 3.8) is 0 Å². The summed E-state index contributed by atoms with van der Waals surface area (Å²) in [5.41, 5.74) is 7.95. The number of halogens is 3. The Bertz CT molecular complexity index is 3170. The van der Waals surface area contributed by atoms with Crippen molar-refractivity contribution >= 4 is 56.3 Å². The van der Waals surface area contributed by atoms with Gasteiger partial charge in [-0.1, -0.05) is 60.7 Å². The molecule has 4 aromatic carbocycles. The van der Waals surface area contributed by atoms with E-state index >= 15 is 0 Å². The van der Waals surface area contributed by atoms with E-state index in [1.54, 1.807) is 41.8 Å². The molecule has 2 saturated carbocycles. The molecule has 4 fully saturated rings. The SMILES string of the molecule is Fc1ccc(-c2ncn3cc(Br)ccc23)cc1.O=C(N[C@H]1CC(=O)N(c2ccc3c(-c4ccc(F)cc4)ncn3c2)[C@@H]1c1ccccc1)C1CC1.O=C1C[C@H](NC(=O)C2CC2)[C@@H](c2ccccc2)N1.[HH].[HH]. The molecule has 2 aliphatic carbocycles. The Hall–Kier alpha value is -7.52. The summed E-state index contributed by atoms with van der Waals surface area (Å²) in [5, 5.41) is 9.06. The third kappa shape index (κ3) is 10.2. The molecule has 4 atom stereocenters. The van der Waals surface area contributed by atoms with Crippen LogP contribution in [-0.4, -0.2) is 54.5 Å². The summed E-state index contributed by atoms with van der Waals surface area (Å²) in [5.74, 6) is -0.174. The molecule has 8 aromatic rings. The van der Waals surface area contributed by atoms with Crippen LogP contribution in [0.3, 0.4) is 0 Å². The number of hydrogen-bond donors (Lipinski definition) is 3. The van der Waals surface area contributed by atoms with Gasteiger partial charge in [-0.15, -0.1) is 0 Å². The molecule has 12 rings (SSSR count). The minimum atomic E-state index is -0.297. The largest absolute Gasteiger partial charge is 0.350 e. The maximum absolute atomic E-state index is 13.4. The predicted molar refractivity (Wildman–Crippen MR) is 266 cm³/mol. The summed E-state index contributed by atoms with van der Waals surface area (Å²) in [7, 11) is 0. The van der Waals surface area contributed by atoms with E-state index < -0.39 is 0 Å². The Morgan fingerprint density at radius 1 is 0.609 bits per heavy atom. The number of nitrogens with zero attached hydrogens (tertiary/aromatic N) is 5. The molecular weight excluding hydrogens is 943 g/mol. The number of carbonyl (C=O) groups excluding carboxylic acids is 4. The summed E-state index contributed by atoms with van der Waals surface area (Å²) in [4.78, 5) is 59.8. The lowest BCUT2D eigenvalue weighted by Gasteiger charge is -2.29. The van der Waals surface area contributed by atoms with Crippen LogP contribution in [0.1, 0.15) is 64.6 Å². The highest BCUT2D eigenvalue weighted by molar-refractivity contribution is 9.10. The van der Waals surface area contributed by atoms with Crippen LogP contribution < -0.4 is 20.9 Å². The van der Waals surface area contributed by atoms with Crippen molar-refractivity contribution in [3.8, 4) is 22.5 Å². The van der Waals surface area contributed by atoms with Crippen LogP contribution >= 0.6 is 15.9 Å². The summed E-state index contributed by atoms with van der Waals surface area (Å²) in [6.45, 7) is 0. The Labute approximate surface area is 407 Å². The van der Waals surface area contributed by atoms with Gasteiger partial charge in [0.25, 0.3) is 0 Å². The lowest BCUT2D eigenvalue weighted by Crippen LogP contribution is -2.40. The zero-order chi connectivity index (χ0) is 47.6. The van der Waals surface area contributed by atoms with Crippen molar-refractivity contribution < 1.29 is 30.8 Å². The Kier molecular flexibility index (Phi) is 12.9. The molecule has 0 spiro atoms.